The Balaban J connectivity index is 3.92. The van der Waals surface area contributed by atoms with Crippen LogP contribution in [0.1, 0.15) is 6.92 Å². The van der Waals surface area contributed by atoms with Crippen LogP contribution in [0.25, 0.3) is 0 Å². The average molecular weight is 155 g/mol. The number of esters is 1. The summed E-state index contributed by atoms with van der Waals surface area (Å²) in [6, 6.07) is -0.269. The minimum Gasteiger partial charge on any atom is -0.466 e. The van der Waals surface area contributed by atoms with Crippen LogP contribution in [-0.4, -0.2) is 19.1 Å². The summed E-state index contributed by atoms with van der Waals surface area (Å²) in [6.07, 6.45) is 2.84. The molecule has 0 aliphatic heterocycles. The summed E-state index contributed by atoms with van der Waals surface area (Å²) >= 11 is 0. The van der Waals surface area contributed by atoms with Crippen LogP contribution in [0.5, 0.6) is 0 Å². The molecule has 0 aliphatic rings. The van der Waals surface area contributed by atoms with Gasteiger partial charge < -0.3 is 10.5 Å². The van der Waals surface area contributed by atoms with E-state index < -0.39 is 5.97 Å². The van der Waals surface area contributed by atoms with Gasteiger partial charge in [-0.3, -0.25) is 0 Å². The number of carbonyl (C=O) groups excluding carboxylic acids is 1. The summed E-state index contributed by atoms with van der Waals surface area (Å²) in [5.41, 5.74) is 6.34. The van der Waals surface area contributed by atoms with Gasteiger partial charge in [0.1, 0.15) is 0 Å². The molecule has 2 N–H and O–H groups in total. The normalized spacial score (nSPS) is 13.0. The second-order valence-electron chi connectivity index (χ2n) is 2.25. The van der Waals surface area contributed by atoms with Gasteiger partial charge in [-0.15, -0.1) is 0 Å². The van der Waals surface area contributed by atoms with Gasteiger partial charge in [0.25, 0.3) is 0 Å². The Bertz CT molecular complexity index is 185. The van der Waals surface area contributed by atoms with Crippen LogP contribution in [0, 0.1) is 0 Å². The highest BCUT2D eigenvalue weighted by Crippen LogP contribution is 1.95. The predicted molar refractivity (Wildman–Crippen MR) is 43.9 cm³/mol. The molecular formula is C8H13NO2. The molecular weight excluding hydrogens is 142 g/mol. The molecule has 0 saturated heterocycles. The highest BCUT2D eigenvalue weighted by molar-refractivity contribution is 5.81. The molecule has 0 aliphatic carbocycles. The highest BCUT2D eigenvalue weighted by Gasteiger charge is 1.97. The molecule has 1 atom stereocenters. The Morgan fingerprint density at radius 1 is 1.73 bits per heavy atom. The topological polar surface area (TPSA) is 52.3 Å². The van der Waals surface area contributed by atoms with E-state index in [4.69, 9.17) is 5.73 Å². The average Bonchev–Trinajstić information content (AvgIpc) is 1.99. The van der Waals surface area contributed by atoms with Gasteiger partial charge in [-0.05, 0) is 6.92 Å². The third-order valence-electron chi connectivity index (χ3n) is 1.21. The SMILES string of the molecule is C=C(C)[C@H](N)/C=C/C(=O)OC. The lowest BCUT2D eigenvalue weighted by molar-refractivity contribution is -0.134. The second-order valence-corrected chi connectivity index (χ2v) is 2.25. The van der Waals surface area contributed by atoms with Crippen LogP contribution >= 0.6 is 0 Å². The molecule has 0 spiro atoms. The molecule has 0 amide bonds. The number of hydrogen-bond donors (Lipinski definition) is 1. The van der Waals surface area contributed by atoms with Gasteiger partial charge in [-0.1, -0.05) is 18.2 Å². The van der Waals surface area contributed by atoms with E-state index in [9.17, 15) is 4.79 Å². The summed E-state index contributed by atoms with van der Waals surface area (Å²) < 4.78 is 4.37. The largest absolute Gasteiger partial charge is 0.466 e. The predicted octanol–water partition coefficient (Wildman–Crippen LogP) is 0.619. The van der Waals surface area contributed by atoms with Crippen molar-refractivity contribution in [2.24, 2.45) is 5.73 Å². The molecule has 0 radical (unpaired) electrons. The third-order valence-corrected chi connectivity index (χ3v) is 1.21. The van der Waals surface area contributed by atoms with Crippen molar-refractivity contribution in [3.63, 3.8) is 0 Å². The molecule has 62 valence electrons. The van der Waals surface area contributed by atoms with Gasteiger partial charge in [-0.25, -0.2) is 4.79 Å². The van der Waals surface area contributed by atoms with Crippen LogP contribution in [0.3, 0.4) is 0 Å². The van der Waals surface area contributed by atoms with Gasteiger partial charge >= 0.3 is 5.97 Å². The van der Waals surface area contributed by atoms with E-state index in [-0.39, 0.29) is 6.04 Å². The Kier molecular flexibility index (Phi) is 4.22. The van der Waals surface area contributed by atoms with Crippen molar-refractivity contribution in [1.29, 1.82) is 0 Å². The Morgan fingerprint density at radius 2 is 2.27 bits per heavy atom. The smallest absolute Gasteiger partial charge is 0.330 e. The van der Waals surface area contributed by atoms with Crippen molar-refractivity contribution < 1.29 is 9.53 Å². The van der Waals surface area contributed by atoms with Gasteiger partial charge in [0, 0.05) is 12.1 Å². The van der Waals surface area contributed by atoms with E-state index >= 15 is 0 Å². The Morgan fingerprint density at radius 3 is 2.64 bits per heavy atom. The summed E-state index contributed by atoms with van der Waals surface area (Å²) in [5.74, 6) is -0.401. The molecule has 0 unspecified atom stereocenters. The molecule has 0 heterocycles. The molecule has 0 aromatic carbocycles. The summed E-state index contributed by atoms with van der Waals surface area (Å²) in [6.45, 7) is 5.43. The minimum absolute atomic E-state index is 0.269. The van der Waals surface area contributed by atoms with E-state index in [1.165, 1.54) is 13.2 Å². The van der Waals surface area contributed by atoms with E-state index in [0.29, 0.717) is 0 Å². The monoisotopic (exact) mass is 155 g/mol. The van der Waals surface area contributed by atoms with Gasteiger partial charge in [-0.2, -0.15) is 0 Å². The second kappa shape index (κ2) is 4.68. The molecule has 3 nitrogen and oxygen atoms in total. The van der Waals surface area contributed by atoms with Crippen LogP contribution < -0.4 is 5.73 Å². The molecule has 11 heavy (non-hydrogen) atoms. The fourth-order valence-electron chi connectivity index (χ4n) is 0.415. The van der Waals surface area contributed by atoms with Crippen LogP contribution in [-0.2, 0) is 9.53 Å². The first-order chi connectivity index (χ1) is 5.07. The quantitative estimate of drug-likeness (QED) is 0.369. The maximum Gasteiger partial charge on any atom is 0.330 e. The number of ether oxygens (including phenoxy) is 1. The van der Waals surface area contributed by atoms with E-state index in [1.54, 1.807) is 13.0 Å². The maximum absolute atomic E-state index is 10.5. The van der Waals surface area contributed by atoms with E-state index in [1.807, 2.05) is 0 Å². The van der Waals surface area contributed by atoms with E-state index in [2.05, 4.69) is 11.3 Å². The molecule has 3 heteroatoms. The van der Waals surface area contributed by atoms with Gasteiger partial charge in [0.2, 0.25) is 0 Å². The summed E-state index contributed by atoms with van der Waals surface area (Å²) in [7, 11) is 1.32. The number of carbonyl (C=O) groups is 1. The summed E-state index contributed by atoms with van der Waals surface area (Å²) in [5, 5.41) is 0. The lowest BCUT2D eigenvalue weighted by Gasteiger charge is -2.02. The molecule has 0 saturated carbocycles. The standard InChI is InChI=1S/C8H13NO2/c1-6(2)7(9)4-5-8(10)11-3/h4-5,7H,1,9H2,2-3H3/b5-4+/t7-/m1/s1. The third kappa shape index (κ3) is 4.33. The van der Waals surface area contributed by atoms with Crippen LogP contribution in [0.15, 0.2) is 24.3 Å². The van der Waals surface area contributed by atoms with Gasteiger partial charge in [0.05, 0.1) is 7.11 Å². The first-order valence-corrected chi connectivity index (χ1v) is 3.25. The Hall–Kier alpha value is -1.09. The fourth-order valence-corrected chi connectivity index (χ4v) is 0.415. The van der Waals surface area contributed by atoms with Crippen molar-refractivity contribution in [2.75, 3.05) is 7.11 Å². The van der Waals surface area contributed by atoms with Crippen LogP contribution in [0.4, 0.5) is 0 Å². The summed E-state index contributed by atoms with van der Waals surface area (Å²) in [4.78, 5) is 10.5. The van der Waals surface area contributed by atoms with Crippen molar-refractivity contribution >= 4 is 5.97 Å². The zero-order valence-electron chi connectivity index (χ0n) is 6.83. The van der Waals surface area contributed by atoms with E-state index in [0.717, 1.165) is 5.57 Å². The number of nitrogens with two attached hydrogens (primary N) is 1. The van der Waals surface area contributed by atoms with Crippen molar-refractivity contribution in [3.8, 4) is 0 Å². The number of hydrogen-bond acceptors (Lipinski definition) is 3. The number of methoxy groups -OCH3 is 1. The highest BCUT2D eigenvalue weighted by atomic mass is 16.5. The Labute approximate surface area is 66.5 Å². The number of rotatable bonds is 3. The lowest BCUT2D eigenvalue weighted by Crippen LogP contribution is -2.17. The van der Waals surface area contributed by atoms with Gasteiger partial charge in [0.15, 0.2) is 0 Å². The maximum atomic E-state index is 10.5. The first-order valence-electron chi connectivity index (χ1n) is 3.25. The van der Waals surface area contributed by atoms with Crippen molar-refractivity contribution in [1.82, 2.24) is 0 Å². The lowest BCUT2D eigenvalue weighted by atomic mass is 10.1. The zero-order valence-corrected chi connectivity index (χ0v) is 6.83. The minimum atomic E-state index is -0.401. The van der Waals surface area contributed by atoms with Crippen LogP contribution in [0.2, 0.25) is 0 Å². The fraction of sp³-hybridized carbons (Fsp3) is 0.375. The molecule has 0 aromatic rings. The van der Waals surface area contributed by atoms with Crippen molar-refractivity contribution in [2.45, 2.75) is 13.0 Å². The first kappa shape index (κ1) is 9.91. The zero-order chi connectivity index (χ0) is 8.85. The molecule has 0 rings (SSSR count). The van der Waals surface area contributed by atoms with Crippen molar-refractivity contribution in [3.05, 3.63) is 24.3 Å². The molecule has 0 bridgehead atoms. The molecule has 0 fully saturated rings. The molecule has 0 aromatic heterocycles.